The lowest BCUT2D eigenvalue weighted by molar-refractivity contribution is 1.08. The van der Waals surface area contributed by atoms with E-state index in [1.54, 1.807) is 22.7 Å². The molecule has 0 saturated heterocycles. The minimum atomic E-state index is 0.640. The van der Waals surface area contributed by atoms with Gasteiger partial charge in [-0.2, -0.15) is 0 Å². The maximum atomic E-state index is 5.48. The van der Waals surface area contributed by atoms with Gasteiger partial charge in [-0.15, -0.1) is 22.7 Å². The topological polar surface area (TPSA) is 38.7 Å². The van der Waals surface area contributed by atoms with Gasteiger partial charge in [-0.3, -0.25) is 0 Å². The fourth-order valence-electron chi connectivity index (χ4n) is 7.96. The third-order valence-electron chi connectivity index (χ3n) is 10.6. The average Bonchev–Trinajstić information content (AvgIpc) is 3.85. The minimum Gasteiger partial charge on any atom is -0.208 e. The second-order valence-corrected chi connectivity index (χ2v) is 16.0. The van der Waals surface area contributed by atoms with Crippen molar-refractivity contribution in [3.05, 3.63) is 188 Å². The molecule has 5 heteroatoms. The van der Waals surface area contributed by atoms with E-state index in [1.165, 1.54) is 45.9 Å². The Morgan fingerprint density at radius 2 is 0.696 bits per heavy atom. The molecule has 3 nitrogen and oxygen atoms in total. The van der Waals surface area contributed by atoms with Crippen LogP contribution >= 0.6 is 22.7 Å². The van der Waals surface area contributed by atoms with E-state index in [1.807, 2.05) is 0 Å². The summed E-state index contributed by atoms with van der Waals surface area (Å²) in [6, 6.07) is 66.7. The Morgan fingerprint density at radius 1 is 0.286 bits per heavy atom. The van der Waals surface area contributed by atoms with E-state index in [0.29, 0.717) is 17.5 Å². The summed E-state index contributed by atoms with van der Waals surface area (Å²) in [5, 5.41) is 4.91. The van der Waals surface area contributed by atoms with Crippen LogP contribution in [0, 0.1) is 0 Å². The molecule has 0 N–H and O–H groups in total. The van der Waals surface area contributed by atoms with Crippen LogP contribution in [0.2, 0.25) is 0 Å². The van der Waals surface area contributed by atoms with Crippen LogP contribution in [0.15, 0.2) is 188 Å². The summed E-state index contributed by atoms with van der Waals surface area (Å²) in [5.41, 5.74) is 9.64. The third-order valence-corrected chi connectivity index (χ3v) is 13.0. The highest BCUT2D eigenvalue weighted by molar-refractivity contribution is 7.26. The Kier molecular flexibility index (Phi) is 7.87. The van der Waals surface area contributed by atoms with Crippen LogP contribution in [-0.2, 0) is 0 Å². The van der Waals surface area contributed by atoms with Crippen molar-refractivity contribution in [2.45, 2.75) is 0 Å². The Balaban J connectivity index is 1.22. The molecule has 0 radical (unpaired) electrons. The minimum absolute atomic E-state index is 0.640. The molecule has 8 aromatic carbocycles. The van der Waals surface area contributed by atoms with E-state index in [-0.39, 0.29) is 0 Å². The van der Waals surface area contributed by atoms with Crippen molar-refractivity contribution in [3.63, 3.8) is 0 Å². The second kappa shape index (κ2) is 13.5. The molecule has 0 amide bonds. The highest BCUT2D eigenvalue weighted by atomic mass is 32.1. The number of aromatic nitrogens is 3. The summed E-state index contributed by atoms with van der Waals surface area (Å²) in [6.45, 7) is 0. The molecule has 0 spiro atoms. The number of thiophene rings is 2. The van der Waals surface area contributed by atoms with Gasteiger partial charge < -0.3 is 0 Å². The van der Waals surface area contributed by atoms with Gasteiger partial charge in [0, 0.05) is 57.0 Å². The van der Waals surface area contributed by atoms with Crippen molar-refractivity contribution >= 4 is 63.0 Å². The van der Waals surface area contributed by atoms with Gasteiger partial charge in [0.05, 0.1) is 0 Å². The van der Waals surface area contributed by atoms with Gasteiger partial charge in [-0.25, -0.2) is 15.0 Å². The summed E-state index contributed by atoms with van der Waals surface area (Å²) >= 11 is 3.59. The predicted molar refractivity (Wildman–Crippen MR) is 238 cm³/mol. The molecule has 0 atom stereocenters. The van der Waals surface area contributed by atoms with Crippen molar-refractivity contribution in [1.29, 1.82) is 0 Å². The number of fused-ring (bicyclic) bond motifs is 6. The first-order valence-corrected chi connectivity index (χ1v) is 20.3. The van der Waals surface area contributed by atoms with Crippen molar-refractivity contribution in [1.82, 2.24) is 15.0 Å². The Hall–Kier alpha value is -6.79. The Labute approximate surface area is 331 Å². The van der Waals surface area contributed by atoms with Crippen molar-refractivity contribution < 1.29 is 0 Å². The van der Waals surface area contributed by atoms with E-state index in [2.05, 4.69) is 188 Å². The van der Waals surface area contributed by atoms with Crippen LogP contribution in [0.3, 0.4) is 0 Å². The number of hydrogen-bond donors (Lipinski definition) is 0. The zero-order valence-corrected chi connectivity index (χ0v) is 31.7. The lowest BCUT2D eigenvalue weighted by Gasteiger charge is -2.17. The van der Waals surface area contributed by atoms with Gasteiger partial charge >= 0.3 is 0 Å². The van der Waals surface area contributed by atoms with Crippen LogP contribution in [0.4, 0.5) is 0 Å². The SMILES string of the molecule is c1ccc(-c2cccc(-c3cccc(-c4ccccc4)c3-c3nc(-c4cccc5c4sc4ccccc45)nc(-c4cccc5c4sc4ccccc45)n3)c2)cc1. The molecule has 0 fully saturated rings. The van der Waals surface area contributed by atoms with Gasteiger partial charge in [-0.05, 0) is 63.7 Å². The van der Waals surface area contributed by atoms with Crippen LogP contribution in [0.1, 0.15) is 0 Å². The van der Waals surface area contributed by atoms with Crippen molar-refractivity contribution in [2.24, 2.45) is 0 Å². The van der Waals surface area contributed by atoms with Crippen LogP contribution in [-0.4, -0.2) is 15.0 Å². The van der Waals surface area contributed by atoms with Gasteiger partial charge in [-0.1, -0.05) is 158 Å². The fourth-order valence-corrected chi connectivity index (χ4v) is 10.4. The fraction of sp³-hybridized carbons (Fsp3) is 0. The van der Waals surface area contributed by atoms with Gasteiger partial charge in [0.25, 0.3) is 0 Å². The first-order valence-electron chi connectivity index (χ1n) is 18.7. The zero-order valence-electron chi connectivity index (χ0n) is 30.1. The molecule has 0 saturated carbocycles. The summed E-state index contributed by atoms with van der Waals surface area (Å²) in [5.74, 6) is 1.96. The molecule has 0 bridgehead atoms. The van der Waals surface area contributed by atoms with Gasteiger partial charge in [0.15, 0.2) is 17.5 Å². The molecule has 0 aliphatic rings. The van der Waals surface area contributed by atoms with E-state index in [9.17, 15) is 0 Å². The molecule has 3 heterocycles. The van der Waals surface area contributed by atoms with Crippen molar-refractivity contribution in [3.8, 4) is 67.5 Å². The Morgan fingerprint density at radius 3 is 1.30 bits per heavy atom. The lowest BCUT2D eigenvalue weighted by atomic mass is 9.90. The molecular weight excluding hydrogens is 719 g/mol. The predicted octanol–water partition coefficient (Wildman–Crippen LogP) is 14.6. The number of benzene rings is 8. The standard InChI is InChI=1S/C51H31N3S2/c1-3-15-32(16-4-1)34-19-11-20-35(31-34)37-24-12-23-36(33-17-5-2-6-18-33)46(37)51-53-49(42-27-13-25-40-38-21-7-9-29-44(38)55-47(40)42)52-50(54-51)43-28-14-26-41-39-22-8-10-30-45(39)56-48(41)43/h1-31H. The van der Waals surface area contributed by atoms with Crippen LogP contribution < -0.4 is 0 Å². The normalized spacial score (nSPS) is 11.6. The molecule has 0 aliphatic carbocycles. The number of hydrogen-bond acceptors (Lipinski definition) is 5. The molecule has 0 unspecified atom stereocenters. The Bertz CT molecular complexity index is 3120. The lowest BCUT2D eigenvalue weighted by Crippen LogP contribution is -2.02. The maximum absolute atomic E-state index is 5.48. The third kappa shape index (κ3) is 5.51. The highest BCUT2D eigenvalue weighted by Crippen LogP contribution is 2.44. The van der Waals surface area contributed by atoms with Crippen LogP contribution in [0.5, 0.6) is 0 Å². The van der Waals surface area contributed by atoms with Gasteiger partial charge in [0.2, 0.25) is 0 Å². The summed E-state index contributed by atoms with van der Waals surface area (Å²) in [7, 11) is 0. The maximum Gasteiger partial charge on any atom is 0.165 e. The monoisotopic (exact) mass is 749 g/mol. The van der Waals surface area contributed by atoms with E-state index >= 15 is 0 Å². The number of rotatable bonds is 6. The first-order chi connectivity index (χ1) is 27.8. The molecule has 3 aromatic heterocycles. The largest absolute Gasteiger partial charge is 0.208 e. The van der Waals surface area contributed by atoms with E-state index in [0.717, 1.165) is 44.5 Å². The second-order valence-electron chi connectivity index (χ2n) is 13.9. The molecule has 0 aliphatic heterocycles. The smallest absolute Gasteiger partial charge is 0.165 e. The average molecular weight is 750 g/mol. The van der Waals surface area contributed by atoms with E-state index in [4.69, 9.17) is 15.0 Å². The molecule has 262 valence electrons. The van der Waals surface area contributed by atoms with Crippen LogP contribution in [0.25, 0.3) is 108 Å². The highest BCUT2D eigenvalue weighted by Gasteiger charge is 2.23. The summed E-state index contributed by atoms with van der Waals surface area (Å²) < 4.78 is 4.83. The molecular formula is C51H31N3S2. The zero-order chi connectivity index (χ0) is 37.0. The summed E-state index contributed by atoms with van der Waals surface area (Å²) in [4.78, 5) is 16.4. The molecule has 11 aromatic rings. The van der Waals surface area contributed by atoms with Gasteiger partial charge in [0.1, 0.15) is 0 Å². The first kappa shape index (κ1) is 32.6. The molecule has 11 rings (SSSR count). The van der Waals surface area contributed by atoms with E-state index < -0.39 is 0 Å². The van der Waals surface area contributed by atoms with Crippen molar-refractivity contribution in [2.75, 3.05) is 0 Å². The summed E-state index contributed by atoms with van der Waals surface area (Å²) in [6.07, 6.45) is 0. The molecule has 56 heavy (non-hydrogen) atoms. The number of nitrogens with zero attached hydrogens (tertiary/aromatic N) is 3. The quantitative estimate of drug-likeness (QED) is 0.170.